The van der Waals surface area contributed by atoms with Crippen LogP contribution in [0, 0.1) is 0 Å². The van der Waals surface area contributed by atoms with Gasteiger partial charge in [0.2, 0.25) is 0 Å². The molecule has 2 aromatic carbocycles. The smallest absolute Gasteiger partial charge is 0.268 e. The normalized spacial score (nSPS) is 14.9. The Kier molecular flexibility index (Phi) is 8.00. The first-order valence-corrected chi connectivity index (χ1v) is 12.5. The van der Waals surface area contributed by atoms with Crippen molar-refractivity contribution in [2.24, 2.45) is 0 Å². The summed E-state index contributed by atoms with van der Waals surface area (Å²) in [5, 5.41) is 4.81. The Morgan fingerprint density at radius 3 is 2.59 bits per heavy atom. The second-order valence-corrected chi connectivity index (χ2v) is 9.68. The molecular weight excluding hydrogens is 442 g/mol. The molecule has 1 aromatic heterocycles. The third kappa shape index (κ3) is 5.80. The fourth-order valence-electron chi connectivity index (χ4n) is 4.12. The average Bonchev–Trinajstić information content (AvgIpc) is 2.96. The van der Waals surface area contributed by atoms with Crippen molar-refractivity contribution in [3.8, 4) is 5.75 Å². The average molecular weight is 472 g/mol. The van der Waals surface area contributed by atoms with Crippen molar-refractivity contribution in [2.75, 3.05) is 33.3 Å². The third-order valence-electron chi connectivity index (χ3n) is 5.85. The minimum Gasteiger partial charge on any atom is -0.497 e. The number of amides is 1. The second kappa shape index (κ2) is 11.1. The molecule has 3 aromatic rings. The Balaban J connectivity index is 1.48. The number of benzene rings is 2. The van der Waals surface area contributed by atoms with Crippen LogP contribution in [0.5, 0.6) is 5.75 Å². The van der Waals surface area contributed by atoms with Crippen LogP contribution >= 0.6 is 23.4 Å². The van der Waals surface area contributed by atoms with Crippen molar-refractivity contribution in [3.05, 3.63) is 53.2 Å². The van der Waals surface area contributed by atoms with Gasteiger partial charge in [-0.05, 0) is 75.3 Å². The van der Waals surface area contributed by atoms with Gasteiger partial charge in [-0.3, -0.25) is 4.79 Å². The molecular formula is C25H30ClN3O2S. The predicted octanol–water partition coefficient (Wildman–Crippen LogP) is 5.98. The molecule has 0 unspecified atom stereocenters. The van der Waals surface area contributed by atoms with Crippen molar-refractivity contribution >= 4 is 40.2 Å². The summed E-state index contributed by atoms with van der Waals surface area (Å²) in [5.41, 5.74) is 1.47. The molecule has 32 heavy (non-hydrogen) atoms. The Hall–Kier alpha value is -2.15. The predicted molar refractivity (Wildman–Crippen MR) is 132 cm³/mol. The number of aromatic nitrogens is 1. The fourth-order valence-corrected chi connectivity index (χ4v) is 5.28. The van der Waals surface area contributed by atoms with Gasteiger partial charge in [0.05, 0.1) is 17.5 Å². The van der Waals surface area contributed by atoms with Gasteiger partial charge >= 0.3 is 0 Å². The lowest BCUT2D eigenvalue weighted by molar-refractivity contribution is 0.0944. The molecule has 170 valence electrons. The Bertz CT molecular complexity index is 1040. The van der Waals surface area contributed by atoms with Crippen molar-refractivity contribution in [1.82, 2.24) is 15.2 Å². The second-order valence-electron chi connectivity index (χ2n) is 8.16. The van der Waals surface area contributed by atoms with Crippen molar-refractivity contribution in [3.63, 3.8) is 0 Å². The maximum atomic E-state index is 13.1. The molecule has 1 amide bonds. The van der Waals surface area contributed by atoms with Crippen LogP contribution in [0.25, 0.3) is 10.9 Å². The number of nitrogens with zero attached hydrogens (tertiary/aromatic N) is 1. The molecule has 7 heteroatoms. The van der Waals surface area contributed by atoms with E-state index in [1.165, 1.54) is 38.8 Å². The number of H-pyrrole nitrogens is 1. The van der Waals surface area contributed by atoms with Gasteiger partial charge in [-0.25, -0.2) is 0 Å². The Morgan fingerprint density at radius 2 is 1.88 bits per heavy atom. The minimum absolute atomic E-state index is 0.0764. The highest BCUT2D eigenvalue weighted by molar-refractivity contribution is 7.99. The number of methoxy groups -OCH3 is 1. The summed E-state index contributed by atoms with van der Waals surface area (Å²) in [6.07, 6.45) is 6.21. The molecule has 4 rings (SSSR count). The fraction of sp³-hybridized carbons (Fsp3) is 0.400. The molecule has 1 aliphatic rings. The molecule has 0 radical (unpaired) electrons. The van der Waals surface area contributed by atoms with Gasteiger partial charge in [-0.2, -0.15) is 0 Å². The molecule has 0 atom stereocenters. The number of aromatic amines is 1. The summed E-state index contributed by atoms with van der Waals surface area (Å²) in [6, 6.07) is 13.5. The van der Waals surface area contributed by atoms with Crippen molar-refractivity contribution in [2.45, 2.75) is 41.9 Å². The first kappa shape index (κ1) is 23.0. The number of ether oxygens (including phenoxy) is 1. The van der Waals surface area contributed by atoms with E-state index in [9.17, 15) is 4.79 Å². The number of carbonyl (C=O) groups excluding carboxylic acids is 1. The quantitative estimate of drug-likeness (QED) is 0.397. The Morgan fingerprint density at radius 1 is 1.12 bits per heavy atom. The van der Waals surface area contributed by atoms with Crippen molar-refractivity contribution in [1.29, 1.82) is 0 Å². The van der Waals surface area contributed by atoms with E-state index in [0.29, 0.717) is 17.3 Å². The number of carbonyl (C=O) groups is 1. The highest BCUT2D eigenvalue weighted by Gasteiger charge is 2.19. The monoisotopic (exact) mass is 471 g/mol. The summed E-state index contributed by atoms with van der Waals surface area (Å²) >= 11 is 7.61. The van der Waals surface area contributed by atoms with Gasteiger partial charge in [0, 0.05) is 27.9 Å². The van der Waals surface area contributed by atoms with E-state index in [0.717, 1.165) is 39.4 Å². The van der Waals surface area contributed by atoms with Crippen molar-refractivity contribution < 1.29 is 9.53 Å². The lowest BCUT2D eigenvalue weighted by Gasteiger charge is -2.19. The molecule has 0 saturated carbocycles. The standard InChI is InChI=1S/C25H30ClN3O2S/c1-31-19-9-12-21-22(17-19)28-23(24(21)32-20-10-7-18(26)8-11-20)25(30)27-13-6-16-29-14-4-2-3-5-15-29/h7-12,17,28H,2-6,13-16H2,1H3,(H,27,30). The molecule has 2 N–H and O–H groups in total. The number of hydrogen-bond donors (Lipinski definition) is 2. The molecule has 0 aliphatic carbocycles. The Labute approximate surface area is 198 Å². The zero-order valence-corrected chi connectivity index (χ0v) is 20.0. The maximum Gasteiger partial charge on any atom is 0.268 e. The van der Waals surface area contributed by atoms with Gasteiger partial charge in [0.1, 0.15) is 11.4 Å². The summed E-state index contributed by atoms with van der Waals surface area (Å²) < 4.78 is 5.36. The van der Waals surface area contributed by atoms with Crippen LogP contribution in [0.1, 0.15) is 42.6 Å². The highest BCUT2D eigenvalue weighted by atomic mass is 35.5. The van der Waals surface area contributed by atoms with Crippen LogP contribution in [0.4, 0.5) is 0 Å². The van der Waals surface area contributed by atoms with Crippen LogP contribution in [-0.2, 0) is 0 Å². The van der Waals surface area contributed by atoms with E-state index in [4.69, 9.17) is 16.3 Å². The van der Waals surface area contributed by atoms with E-state index in [1.54, 1.807) is 18.9 Å². The first-order valence-electron chi connectivity index (χ1n) is 11.3. The largest absolute Gasteiger partial charge is 0.497 e. The van der Waals surface area contributed by atoms with E-state index in [-0.39, 0.29) is 5.91 Å². The number of nitrogens with one attached hydrogen (secondary N) is 2. The lowest BCUT2D eigenvalue weighted by atomic mass is 10.2. The molecule has 0 spiro atoms. The van der Waals surface area contributed by atoms with E-state index in [1.807, 2.05) is 42.5 Å². The first-order chi connectivity index (χ1) is 15.6. The molecule has 1 saturated heterocycles. The molecule has 1 aliphatic heterocycles. The number of halogens is 1. The van der Waals surface area contributed by atoms with Gasteiger partial charge in [0.25, 0.3) is 5.91 Å². The van der Waals surface area contributed by atoms with Crippen LogP contribution in [-0.4, -0.2) is 49.1 Å². The summed E-state index contributed by atoms with van der Waals surface area (Å²) in [4.78, 5) is 20.9. The van der Waals surface area contributed by atoms with Crippen LogP contribution in [0.3, 0.4) is 0 Å². The van der Waals surface area contributed by atoms with Gasteiger partial charge in [0.15, 0.2) is 0 Å². The summed E-state index contributed by atoms with van der Waals surface area (Å²) in [6.45, 7) is 4.06. The zero-order valence-electron chi connectivity index (χ0n) is 18.5. The van der Waals surface area contributed by atoms with Crippen LogP contribution < -0.4 is 10.1 Å². The van der Waals surface area contributed by atoms with Gasteiger partial charge < -0.3 is 19.9 Å². The minimum atomic E-state index is -0.0764. The number of fused-ring (bicyclic) bond motifs is 1. The van der Waals surface area contributed by atoms with E-state index >= 15 is 0 Å². The summed E-state index contributed by atoms with van der Waals surface area (Å²) in [5.74, 6) is 0.679. The lowest BCUT2D eigenvalue weighted by Crippen LogP contribution is -2.31. The highest BCUT2D eigenvalue weighted by Crippen LogP contribution is 2.38. The SMILES string of the molecule is COc1ccc2c(Sc3ccc(Cl)cc3)c(C(=O)NCCCN3CCCCCC3)[nH]c2c1. The molecule has 0 bridgehead atoms. The van der Waals surface area contributed by atoms with E-state index < -0.39 is 0 Å². The van der Waals surface area contributed by atoms with Crippen LogP contribution in [0.2, 0.25) is 5.02 Å². The topological polar surface area (TPSA) is 57.4 Å². The van der Waals surface area contributed by atoms with Gasteiger partial charge in [-0.1, -0.05) is 36.2 Å². The summed E-state index contributed by atoms with van der Waals surface area (Å²) in [7, 11) is 1.64. The number of likely N-dealkylation sites (tertiary alicyclic amines) is 1. The van der Waals surface area contributed by atoms with Gasteiger partial charge in [-0.15, -0.1) is 0 Å². The number of hydrogen-bond acceptors (Lipinski definition) is 4. The van der Waals surface area contributed by atoms with E-state index in [2.05, 4.69) is 15.2 Å². The molecule has 2 heterocycles. The maximum absolute atomic E-state index is 13.1. The zero-order chi connectivity index (χ0) is 22.3. The third-order valence-corrected chi connectivity index (χ3v) is 7.24. The molecule has 5 nitrogen and oxygen atoms in total. The number of rotatable bonds is 8. The van der Waals surface area contributed by atoms with Crippen LogP contribution in [0.15, 0.2) is 52.3 Å². The molecule has 1 fully saturated rings.